The number of nitrogens with zero attached hydrogens (tertiary/aromatic N) is 3. The van der Waals surface area contributed by atoms with Crippen LogP contribution in [0.4, 0.5) is 20.6 Å². The number of likely N-dealkylation sites (tertiary alicyclic amines) is 1. The van der Waals surface area contributed by atoms with Gasteiger partial charge in [0.2, 0.25) is 0 Å². The number of benzene rings is 1. The molecule has 0 saturated carbocycles. The molecule has 1 fully saturated rings. The maximum Gasteiger partial charge on any atom is 0.321 e. The van der Waals surface area contributed by atoms with E-state index in [-0.39, 0.29) is 35.7 Å². The summed E-state index contributed by atoms with van der Waals surface area (Å²) in [6, 6.07) is 2.42. The predicted octanol–water partition coefficient (Wildman–Crippen LogP) is 2.61. The Balaban J connectivity index is 1.35. The lowest BCUT2D eigenvalue weighted by atomic mass is 9.97. The Morgan fingerprint density at radius 1 is 1.39 bits per heavy atom. The number of aromatic nitrogens is 2. The third-order valence-corrected chi connectivity index (χ3v) is 5.20. The second kappa shape index (κ2) is 7.49. The van der Waals surface area contributed by atoms with Crippen LogP contribution < -0.4 is 15.4 Å². The number of aryl methyl sites for hydroxylation is 1. The molecule has 28 heavy (non-hydrogen) atoms. The molecule has 0 aliphatic carbocycles. The van der Waals surface area contributed by atoms with Gasteiger partial charge in [-0.2, -0.15) is 0 Å². The van der Waals surface area contributed by atoms with E-state index in [0.717, 1.165) is 25.2 Å². The summed E-state index contributed by atoms with van der Waals surface area (Å²) in [4.78, 5) is 29.9. The van der Waals surface area contributed by atoms with Crippen molar-refractivity contribution in [1.29, 1.82) is 0 Å². The van der Waals surface area contributed by atoms with E-state index in [1.54, 1.807) is 11.1 Å². The van der Waals surface area contributed by atoms with E-state index in [1.807, 2.05) is 13.1 Å². The highest BCUT2D eigenvalue weighted by Gasteiger charge is 2.25. The molecule has 2 N–H and O–H groups in total. The summed E-state index contributed by atoms with van der Waals surface area (Å²) in [5.41, 5.74) is 0.504. The molecule has 2 aliphatic heterocycles. The molecular formula is C19H22FN5O3. The molecule has 1 saturated heterocycles. The van der Waals surface area contributed by atoms with Gasteiger partial charge in [-0.05, 0) is 31.7 Å². The number of carbonyl (C=O) groups excluding carboxylic acids is 2. The van der Waals surface area contributed by atoms with Gasteiger partial charge in [0.15, 0.2) is 18.2 Å². The van der Waals surface area contributed by atoms with Crippen molar-refractivity contribution in [1.82, 2.24) is 14.5 Å². The average Bonchev–Trinajstić information content (AvgIpc) is 3.06. The van der Waals surface area contributed by atoms with E-state index in [9.17, 15) is 14.0 Å². The lowest BCUT2D eigenvalue weighted by Gasteiger charge is -2.32. The van der Waals surface area contributed by atoms with Crippen molar-refractivity contribution < 1.29 is 18.7 Å². The number of rotatable bonds is 3. The summed E-state index contributed by atoms with van der Waals surface area (Å²) in [7, 11) is 0. The van der Waals surface area contributed by atoms with Gasteiger partial charge in [-0.25, -0.2) is 14.2 Å². The molecule has 0 bridgehead atoms. The van der Waals surface area contributed by atoms with E-state index < -0.39 is 5.82 Å². The average molecular weight is 387 g/mol. The summed E-state index contributed by atoms with van der Waals surface area (Å²) in [6.45, 7) is 3.93. The molecule has 8 nitrogen and oxygen atoms in total. The topological polar surface area (TPSA) is 88.5 Å². The summed E-state index contributed by atoms with van der Waals surface area (Å²) in [6.07, 6.45) is 5.56. The number of amides is 3. The van der Waals surface area contributed by atoms with Crippen LogP contribution in [0, 0.1) is 18.7 Å². The Labute approximate surface area is 161 Å². The first-order valence-electron chi connectivity index (χ1n) is 9.29. The lowest BCUT2D eigenvalue weighted by molar-refractivity contribution is -0.118. The van der Waals surface area contributed by atoms with Crippen LogP contribution in [0.15, 0.2) is 24.5 Å². The van der Waals surface area contributed by atoms with Gasteiger partial charge in [-0.3, -0.25) is 4.79 Å². The SMILES string of the molecule is Cc1nccn1CC1CCN(C(=O)Nc2cc(F)c3c(c2)NC(=O)CO3)CC1. The van der Waals surface area contributed by atoms with Crippen molar-refractivity contribution in [3.05, 3.63) is 36.2 Å². The number of ether oxygens (including phenoxy) is 1. The minimum absolute atomic E-state index is 0.00629. The van der Waals surface area contributed by atoms with Crippen LogP contribution in [-0.4, -0.2) is 46.1 Å². The van der Waals surface area contributed by atoms with E-state index in [1.165, 1.54) is 12.1 Å². The Kier molecular flexibility index (Phi) is 4.89. The third kappa shape index (κ3) is 3.78. The van der Waals surface area contributed by atoms with Crippen LogP contribution in [0.2, 0.25) is 0 Å². The largest absolute Gasteiger partial charge is 0.478 e. The Hall–Kier alpha value is -3.10. The van der Waals surface area contributed by atoms with E-state index in [0.29, 0.717) is 19.0 Å². The smallest absolute Gasteiger partial charge is 0.321 e. The zero-order valence-corrected chi connectivity index (χ0v) is 15.6. The summed E-state index contributed by atoms with van der Waals surface area (Å²) in [5, 5.41) is 5.26. The number of halogens is 1. The molecule has 0 unspecified atom stereocenters. The second-order valence-corrected chi connectivity index (χ2v) is 7.16. The van der Waals surface area contributed by atoms with E-state index in [2.05, 4.69) is 20.2 Å². The van der Waals surface area contributed by atoms with Gasteiger partial charge < -0.3 is 24.8 Å². The van der Waals surface area contributed by atoms with Crippen LogP contribution in [0.25, 0.3) is 0 Å². The zero-order valence-electron chi connectivity index (χ0n) is 15.6. The van der Waals surface area contributed by atoms with Crippen LogP contribution in [0.5, 0.6) is 5.75 Å². The maximum atomic E-state index is 14.2. The molecule has 2 aromatic rings. The highest BCUT2D eigenvalue weighted by atomic mass is 19.1. The third-order valence-electron chi connectivity index (χ3n) is 5.20. The number of hydrogen-bond donors (Lipinski definition) is 2. The van der Waals surface area contributed by atoms with Crippen molar-refractivity contribution in [2.45, 2.75) is 26.3 Å². The number of nitrogens with one attached hydrogen (secondary N) is 2. The Bertz CT molecular complexity index is 905. The highest BCUT2D eigenvalue weighted by molar-refractivity contribution is 5.97. The highest BCUT2D eigenvalue weighted by Crippen LogP contribution is 2.34. The fourth-order valence-corrected chi connectivity index (χ4v) is 3.63. The lowest BCUT2D eigenvalue weighted by Crippen LogP contribution is -2.41. The summed E-state index contributed by atoms with van der Waals surface area (Å²) < 4.78 is 21.4. The molecule has 0 atom stereocenters. The number of piperidine rings is 1. The van der Waals surface area contributed by atoms with Crippen molar-refractivity contribution in [2.24, 2.45) is 5.92 Å². The van der Waals surface area contributed by atoms with Crippen LogP contribution >= 0.6 is 0 Å². The minimum Gasteiger partial charge on any atom is -0.478 e. The van der Waals surface area contributed by atoms with Crippen molar-refractivity contribution >= 4 is 23.3 Å². The first-order valence-corrected chi connectivity index (χ1v) is 9.29. The molecule has 148 valence electrons. The Morgan fingerprint density at radius 2 is 2.18 bits per heavy atom. The normalized spacial score (nSPS) is 16.9. The minimum atomic E-state index is -0.623. The molecule has 0 radical (unpaired) electrons. The van der Waals surface area contributed by atoms with Gasteiger partial charge in [-0.15, -0.1) is 0 Å². The van der Waals surface area contributed by atoms with Gasteiger partial charge in [-0.1, -0.05) is 0 Å². The van der Waals surface area contributed by atoms with Crippen molar-refractivity contribution in [2.75, 3.05) is 30.3 Å². The monoisotopic (exact) mass is 387 g/mol. The van der Waals surface area contributed by atoms with E-state index in [4.69, 9.17) is 4.74 Å². The molecule has 4 rings (SSSR count). The molecule has 2 aliphatic rings. The molecule has 1 aromatic carbocycles. The first kappa shape index (κ1) is 18.3. The number of urea groups is 1. The van der Waals surface area contributed by atoms with Crippen LogP contribution in [-0.2, 0) is 11.3 Å². The molecule has 0 spiro atoms. The molecule has 1 aromatic heterocycles. The van der Waals surface area contributed by atoms with Gasteiger partial charge in [0.25, 0.3) is 5.91 Å². The van der Waals surface area contributed by atoms with Gasteiger partial charge in [0.1, 0.15) is 5.82 Å². The van der Waals surface area contributed by atoms with Gasteiger partial charge in [0.05, 0.1) is 5.69 Å². The quantitative estimate of drug-likeness (QED) is 0.847. The number of fused-ring (bicyclic) bond motifs is 1. The number of anilines is 2. The van der Waals surface area contributed by atoms with E-state index >= 15 is 0 Å². The summed E-state index contributed by atoms with van der Waals surface area (Å²) in [5.74, 6) is 0.497. The maximum absolute atomic E-state index is 14.2. The molecule has 9 heteroatoms. The van der Waals surface area contributed by atoms with Crippen molar-refractivity contribution in [3.63, 3.8) is 0 Å². The fourth-order valence-electron chi connectivity index (χ4n) is 3.63. The Morgan fingerprint density at radius 3 is 2.89 bits per heavy atom. The van der Waals surface area contributed by atoms with Gasteiger partial charge in [0, 0.05) is 43.8 Å². The molecular weight excluding hydrogens is 365 g/mol. The van der Waals surface area contributed by atoms with Crippen LogP contribution in [0.3, 0.4) is 0 Å². The summed E-state index contributed by atoms with van der Waals surface area (Å²) >= 11 is 0. The van der Waals surface area contributed by atoms with Gasteiger partial charge >= 0.3 is 6.03 Å². The zero-order chi connectivity index (χ0) is 19.7. The molecule has 3 amide bonds. The number of imidazole rings is 1. The number of carbonyl (C=O) groups is 2. The second-order valence-electron chi connectivity index (χ2n) is 7.16. The predicted molar refractivity (Wildman–Crippen MR) is 101 cm³/mol. The first-order chi connectivity index (χ1) is 13.5. The van der Waals surface area contributed by atoms with Crippen LogP contribution in [0.1, 0.15) is 18.7 Å². The molecule has 3 heterocycles. The standard InChI is InChI=1S/C19H22FN5O3/c1-12-21-4-7-25(12)10-13-2-5-24(6-3-13)19(27)22-14-8-15(20)18-16(9-14)23-17(26)11-28-18/h4,7-9,13H,2-3,5-6,10-11H2,1H3,(H,22,27)(H,23,26). The van der Waals surface area contributed by atoms with Crippen molar-refractivity contribution in [3.8, 4) is 5.75 Å². The number of hydrogen-bond acceptors (Lipinski definition) is 4. The fraction of sp³-hybridized carbons (Fsp3) is 0.421.